The number of nitrogens with zero attached hydrogens (tertiary/aromatic N) is 1. The number of hydrogen-bond donors (Lipinski definition) is 6. The first-order valence-corrected chi connectivity index (χ1v) is 9.59. The van der Waals surface area contributed by atoms with Crippen molar-refractivity contribution in [1.29, 1.82) is 0 Å². The Morgan fingerprint density at radius 1 is 1.17 bits per heavy atom. The Morgan fingerprint density at radius 3 is 2.31 bits per heavy atom. The number of ether oxygens (including phenoxy) is 3. The summed E-state index contributed by atoms with van der Waals surface area (Å²) in [6, 6.07) is -0.136. The summed E-state index contributed by atoms with van der Waals surface area (Å²) in [5, 5.41) is 48.6. The second kappa shape index (κ2) is 12.6. The lowest BCUT2D eigenvalue weighted by Gasteiger charge is -2.41. The number of aliphatic hydroxyl groups is 5. The van der Waals surface area contributed by atoms with Gasteiger partial charge in [-0.05, 0) is 12.8 Å². The molecular formula is C18H34N2O9. The number of aliphatic imine (C=N–C) groups is 1. The van der Waals surface area contributed by atoms with E-state index >= 15 is 0 Å². The summed E-state index contributed by atoms with van der Waals surface area (Å²) in [5.74, 6) is -0.361. The van der Waals surface area contributed by atoms with Crippen molar-refractivity contribution in [2.45, 2.75) is 69.9 Å². The van der Waals surface area contributed by atoms with Crippen molar-refractivity contribution in [3.8, 4) is 0 Å². The van der Waals surface area contributed by atoms with Gasteiger partial charge in [0, 0.05) is 18.2 Å². The first kappa shape index (κ1) is 26.0. The molecule has 0 aromatic carbocycles. The molecule has 0 spiro atoms. The van der Waals surface area contributed by atoms with Crippen LogP contribution in [0.4, 0.5) is 0 Å². The van der Waals surface area contributed by atoms with Crippen LogP contribution in [0.5, 0.6) is 0 Å². The standard InChI is InChI=1S/C18H34N2O9/c1-9(2)11(5-20-4-10(3)19)12(6-21)27-14(8-23)29-17-13(7-22)28-18(26)16(25)15(17)24/h5,8-18,21-22,24-26H,4,6-7,19H2,1-3H3/b20-5+. The zero-order chi connectivity index (χ0) is 22.1. The molecule has 1 rings (SSSR count). The van der Waals surface area contributed by atoms with Crippen LogP contribution in [-0.4, -0.2) is 107 Å². The predicted octanol–water partition coefficient (Wildman–Crippen LogP) is -2.60. The number of carbonyl (C=O) groups excluding carboxylic acids is 1. The minimum Gasteiger partial charge on any atom is -0.394 e. The maximum absolute atomic E-state index is 11.5. The Balaban J connectivity index is 2.89. The number of aliphatic hydroxyl groups excluding tert-OH is 5. The van der Waals surface area contributed by atoms with Gasteiger partial charge in [-0.15, -0.1) is 0 Å². The van der Waals surface area contributed by atoms with E-state index in [9.17, 15) is 30.3 Å². The Kier molecular flexibility index (Phi) is 11.3. The van der Waals surface area contributed by atoms with Crippen molar-refractivity contribution < 1.29 is 44.5 Å². The molecule has 9 atom stereocenters. The van der Waals surface area contributed by atoms with Gasteiger partial charge >= 0.3 is 0 Å². The van der Waals surface area contributed by atoms with E-state index in [1.165, 1.54) is 0 Å². The largest absolute Gasteiger partial charge is 0.394 e. The molecule has 0 amide bonds. The van der Waals surface area contributed by atoms with E-state index in [4.69, 9.17) is 19.9 Å². The van der Waals surface area contributed by atoms with E-state index < -0.39 is 56.3 Å². The van der Waals surface area contributed by atoms with Crippen LogP contribution in [-0.2, 0) is 19.0 Å². The molecule has 1 heterocycles. The molecule has 170 valence electrons. The molecule has 29 heavy (non-hydrogen) atoms. The van der Waals surface area contributed by atoms with Gasteiger partial charge in [0.05, 0.1) is 25.9 Å². The molecule has 7 N–H and O–H groups in total. The van der Waals surface area contributed by atoms with Crippen molar-refractivity contribution in [3.63, 3.8) is 0 Å². The van der Waals surface area contributed by atoms with Crippen LogP contribution >= 0.6 is 0 Å². The fourth-order valence-corrected chi connectivity index (χ4v) is 2.96. The maximum atomic E-state index is 11.5. The number of rotatable bonds is 12. The van der Waals surface area contributed by atoms with Crippen LogP contribution in [0.1, 0.15) is 20.8 Å². The van der Waals surface area contributed by atoms with E-state index in [1.54, 1.807) is 13.1 Å². The van der Waals surface area contributed by atoms with E-state index in [0.29, 0.717) is 12.8 Å². The molecule has 1 aliphatic heterocycles. The van der Waals surface area contributed by atoms with Gasteiger partial charge in [0.25, 0.3) is 0 Å². The number of carbonyl (C=O) groups is 1. The third kappa shape index (κ3) is 7.63. The van der Waals surface area contributed by atoms with Crippen molar-refractivity contribution in [2.24, 2.45) is 22.6 Å². The second-order valence-electron chi connectivity index (χ2n) is 7.50. The van der Waals surface area contributed by atoms with Crippen molar-refractivity contribution in [1.82, 2.24) is 0 Å². The maximum Gasteiger partial charge on any atom is 0.215 e. The predicted molar refractivity (Wildman–Crippen MR) is 102 cm³/mol. The highest BCUT2D eigenvalue weighted by molar-refractivity contribution is 5.62. The van der Waals surface area contributed by atoms with Gasteiger partial charge in [-0.3, -0.25) is 9.79 Å². The van der Waals surface area contributed by atoms with Crippen LogP contribution in [0.3, 0.4) is 0 Å². The topological polar surface area (TPSA) is 184 Å². The summed E-state index contributed by atoms with van der Waals surface area (Å²) in [6.07, 6.45) is -8.05. The fourth-order valence-electron chi connectivity index (χ4n) is 2.96. The minimum atomic E-state index is -1.71. The van der Waals surface area contributed by atoms with Crippen molar-refractivity contribution in [2.75, 3.05) is 19.8 Å². The van der Waals surface area contributed by atoms with Gasteiger partial charge in [0.15, 0.2) is 12.6 Å². The van der Waals surface area contributed by atoms with Gasteiger partial charge < -0.3 is 45.5 Å². The third-order valence-electron chi connectivity index (χ3n) is 4.60. The van der Waals surface area contributed by atoms with Crippen molar-refractivity contribution in [3.05, 3.63) is 0 Å². The Morgan fingerprint density at radius 2 is 1.83 bits per heavy atom. The summed E-state index contributed by atoms with van der Waals surface area (Å²) in [4.78, 5) is 15.7. The Bertz CT molecular complexity index is 504. The van der Waals surface area contributed by atoms with Crippen LogP contribution < -0.4 is 5.73 Å². The highest BCUT2D eigenvalue weighted by atomic mass is 16.7. The zero-order valence-electron chi connectivity index (χ0n) is 16.9. The SMILES string of the molecule is CC(N)C/N=C/C(C(C)C)C(CO)OC(C=O)OC1C(CO)OC(O)C(O)C1O. The average molecular weight is 422 g/mol. The molecule has 0 aliphatic carbocycles. The summed E-state index contributed by atoms with van der Waals surface area (Å²) in [7, 11) is 0. The molecule has 11 nitrogen and oxygen atoms in total. The third-order valence-corrected chi connectivity index (χ3v) is 4.60. The molecule has 0 radical (unpaired) electrons. The second-order valence-corrected chi connectivity index (χ2v) is 7.50. The summed E-state index contributed by atoms with van der Waals surface area (Å²) in [6.45, 7) is 4.90. The van der Waals surface area contributed by atoms with E-state index in [0.717, 1.165) is 0 Å². The highest BCUT2D eigenvalue weighted by Crippen LogP contribution is 2.25. The minimum absolute atomic E-state index is 0.00189. The normalized spacial score (nSPS) is 32.3. The van der Waals surface area contributed by atoms with Gasteiger partial charge in [-0.2, -0.15) is 0 Å². The van der Waals surface area contributed by atoms with Crippen LogP contribution in [0.2, 0.25) is 0 Å². The molecule has 1 aliphatic rings. The van der Waals surface area contributed by atoms with E-state index in [2.05, 4.69) is 4.99 Å². The molecule has 1 fully saturated rings. The zero-order valence-corrected chi connectivity index (χ0v) is 16.9. The number of hydrogen-bond acceptors (Lipinski definition) is 11. The monoisotopic (exact) mass is 422 g/mol. The van der Waals surface area contributed by atoms with Gasteiger partial charge in [0.1, 0.15) is 24.4 Å². The highest BCUT2D eigenvalue weighted by Gasteiger charge is 2.45. The molecule has 1 saturated heterocycles. The number of aldehydes is 1. The van der Waals surface area contributed by atoms with E-state index in [1.807, 2.05) is 13.8 Å². The average Bonchev–Trinajstić information content (AvgIpc) is 2.68. The lowest BCUT2D eigenvalue weighted by molar-refractivity contribution is -0.315. The molecule has 0 aromatic rings. The fraction of sp³-hybridized carbons (Fsp3) is 0.889. The van der Waals surface area contributed by atoms with Gasteiger partial charge in [0.2, 0.25) is 6.29 Å². The summed E-state index contributed by atoms with van der Waals surface area (Å²) >= 11 is 0. The first-order chi connectivity index (χ1) is 13.7. The van der Waals surface area contributed by atoms with Crippen molar-refractivity contribution >= 4 is 12.5 Å². The quantitative estimate of drug-likeness (QED) is 0.111. The molecular weight excluding hydrogens is 388 g/mol. The van der Waals surface area contributed by atoms with Gasteiger partial charge in [-0.1, -0.05) is 13.8 Å². The van der Waals surface area contributed by atoms with Crippen LogP contribution in [0.25, 0.3) is 0 Å². The van der Waals surface area contributed by atoms with E-state index in [-0.39, 0.29) is 17.9 Å². The lowest BCUT2D eigenvalue weighted by atomic mass is 9.91. The van der Waals surface area contributed by atoms with Crippen LogP contribution in [0.15, 0.2) is 4.99 Å². The van der Waals surface area contributed by atoms with Crippen LogP contribution in [0, 0.1) is 11.8 Å². The number of nitrogens with two attached hydrogens (primary N) is 1. The Labute approximate surface area is 170 Å². The molecule has 11 heteroatoms. The molecule has 0 saturated carbocycles. The first-order valence-electron chi connectivity index (χ1n) is 9.59. The van der Waals surface area contributed by atoms with Gasteiger partial charge in [-0.25, -0.2) is 0 Å². The summed E-state index contributed by atoms with van der Waals surface area (Å²) in [5.41, 5.74) is 5.67. The summed E-state index contributed by atoms with van der Waals surface area (Å²) < 4.78 is 16.0. The molecule has 0 aromatic heterocycles. The lowest BCUT2D eigenvalue weighted by Crippen LogP contribution is -2.60. The molecule has 0 bridgehead atoms. The smallest absolute Gasteiger partial charge is 0.215 e. The Hall–Kier alpha value is -1.02. The molecule has 9 unspecified atom stereocenters.